The van der Waals surface area contributed by atoms with Gasteiger partial charge >= 0.3 is 0 Å². The summed E-state index contributed by atoms with van der Waals surface area (Å²) in [6.07, 6.45) is 0.854. The van der Waals surface area contributed by atoms with E-state index in [9.17, 15) is 9.59 Å². The first-order valence-corrected chi connectivity index (χ1v) is 8.94. The van der Waals surface area contributed by atoms with Crippen molar-refractivity contribution in [3.8, 4) is 0 Å². The summed E-state index contributed by atoms with van der Waals surface area (Å²) < 4.78 is 0. The molecule has 1 aliphatic heterocycles. The molecule has 0 aliphatic carbocycles. The molecule has 7 heteroatoms. The number of carbonyl (C=O) groups is 2. The summed E-state index contributed by atoms with van der Waals surface area (Å²) in [5.41, 5.74) is 3.94. The minimum Gasteiger partial charge on any atom is -0.337 e. The molecule has 1 saturated heterocycles. The van der Waals surface area contributed by atoms with Crippen LogP contribution in [0.3, 0.4) is 0 Å². The van der Waals surface area contributed by atoms with E-state index < -0.39 is 0 Å². The Labute approximate surface area is 153 Å². The molecule has 1 fully saturated rings. The van der Waals surface area contributed by atoms with E-state index in [2.05, 4.69) is 20.5 Å². The van der Waals surface area contributed by atoms with Crippen molar-refractivity contribution >= 4 is 17.5 Å². The molecule has 2 N–H and O–H groups in total. The minimum absolute atomic E-state index is 0.0263. The fourth-order valence-electron chi connectivity index (χ4n) is 3.28. The molecule has 26 heavy (non-hydrogen) atoms. The number of nitrogens with one attached hydrogen (secondary N) is 2. The van der Waals surface area contributed by atoms with Crippen LogP contribution in [0, 0.1) is 6.92 Å². The van der Waals surface area contributed by atoms with Crippen LogP contribution in [0.25, 0.3) is 0 Å². The lowest BCUT2D eigenvalue weighted by Crippen LogP contribution is -2.28. The van der Waals surface area contributed by atoms with Crippen LogP contribution in [0.5, 0.6) is 0 Å². The Kier molecular flexibility index (Phi) is 5.06. The number of anilines is 1. The second kappa shape index (κ2) is 7.27. The van der Waals surface area contributed by atoms with Gasteiger partial charge in [-0.05, 0) is 37.5 Å². The number of aromatic amines is 1. The fraction of sp³-hybridized carbons (Fsp3) is 0.474. The van der Waals surface area contributed by atoms with Gasteiger partial charge in [0.05, 0.1) is 5.69 Å². The summed E-state index contributed by atoms with van der Waals surface area (Å²) in [6, 6.07) is 5.58. The third-order valence-electron chi connectivity index (χ3n) is 4.61. The summed E-state index contributed by atoms with van der Waals surface area (Å²) in [7, 11) is 0. The maximum Gasteiger partial charge on any atom is 0.271 e. The summed E-state index contributed by atoms with van der Waals surface area (Å²) in [6.45, 7) is 8.79. The van der Waals surface area contributed by atoms with E-state index in [-0.39, 0.29) is 23.7 Å². The standard InChI is InChI=1S/C19H25N5O2/c1-11(2)16-9-18(23-22-16)19(26)24-6-5-14(10-24)17-8-15(21-13(4)25)7-12(3)20-17/h7-9,11,14H,5-6,10H2,1-4H3,(H,22,23)(H,20,21,25). The number of pyridine rings is 1. The van der Waals surface area contributed by atoms with E-state index in [4.69, 9.17) is 0 Å². The Balaban J connectivity index is 1.72. The number of aromatic nitrogens is 3. The van der Waals surface area contributed by atoms with Crippen LogP contribution in [-0.2, 0) is 4.79 Å². The molecule has 2 amide bonds. The van der Waals surface area contributed by atoms with Gasteiger partial charge in [0.15, 0.2) is 0 Å². The van der Waals surface area contributed by atoms with Crippen LogP contribution in [0.2, 0.25) is 0 Å². The number of hydrogen-bond acceptors (Lipinski definition) is 4. The zero-order valence-corrected chi connectivity index (χ0v) is 15.7. The molecule has 0 bridgehead atoms. The molecule has 2 aromatic rings. The van der Waals surface area contributed by atoms with Crippen molar-refractivity contribution < 1.29 is 9.59 Å². The summed E-state index contributed by atoms with van der Waals surface area (Å²) in [5, 5.41) is 9.87. The highest BCUT2D eigenvalue weighted by Gasteiger charge is 2.30. The van der Waals surface area contributed by atoms with Gasteiger partial charge in [0.2, 0.25) is 5.91 Å². The lowest BCUT2D eigenvalue weighted by molar-refractivity contribution is -0.114. The van der Waals surface area contributed by atoms with Crippen molar-refractivity contribution in [1.29, 1.82) is 0 Å². The molecule has 3 rings (SSSR count). The van der Waals surface area contributed by atoms with Crippen molar-refractivity contribution in [2.75, 3.05) is 18.4 Å². The zero-order valence-electron chi connectivity index (χ0n) is 15.7. The molecule has 1 atom stereocenters. The van der Waals surface area contributed by atoms with E-state index in [1.165, 1.54) is 6.92 Å². The molecule has 0 radical (unpaired) electrons. The molecular formula is C19H25N5O2. The first kappa shape index (κ1) is 18.1. The summed E-state index contributed by atoms with van der Waals surface area (Å²) in [5.74, 6) is 0.313. The molecule has 2 aromatic heterocycles. The molecule has 0 aromatic carbocycles. The number of hydrogen-bond donors (Lipinski definition) is 2. The maximum atomic E-state index is 12.7. The molecular weight excluding hydrogens is 330 g/mol. The van der Waals surface area contributed by atoms with E-state index >= 15 is 0 Å². The highest BCUT2D eigenvalue weighted by atomic mass is 16.2. The number of likely N-dealkylation sites (tertiary alicyclic amines) is 1. The van der Waals surface area contributed by atoms with Crippen molar-refractivity contribution in [1.82, 2.24) is 20.1 Å². The molecule has 0 saturated carbocycles. The van der Waals surface area contributed by atoms with Crippen LogP contribution >= 0.6 is 0 Å². The van der Waals surface area contributed by atoms with Gasteiger partial charge in [-0.25, -0.2) is 0 Å². The Bertz CT molecular complexity index is 827. The first-order valence-electron chi connectivity index (χ1n) is 8.94. The maximum absolute atomic E-state index is 12.7. The lowest BCUT2D eigenvalue weighted by Gasteiger charge is -2.16. The highest BCUT2D eigenvalue weighted by molar-refractivity contribution is 5.92. The van der Waals surface area contributed by atoms with Crippen molar-refractivity contribution in [3.05, 3.63) is 41.0 Å². The van der Waals surface area contributed by atoms with Gasteiger partial charge in [-0.15, -0.1) is 0 Å². The molecule has 3 heterocycles. The van der Waals surface area contributed by atoms with Gasteiger partial charge in [-0.1, -0.05) is 13.8 Å². The number of nitrogens with zero attached hydrogens (tertiary/aromatic N) is 3. The van der Waals surface area contributed by atoms with Crippen molar-refractivity contribution in [2.45, 2.75) is 46.0 Å². The molecule has 1 aliphatic rings. The molecule has 0 spiro atoms. The Morgan fingerprint density at radius 1 is 1.31 bits per heavy atom. The third-order valence-corrected chi connectivity index (χ3v) is 4.61. The zero-order chi connectivity index (χ0) is 18.8. The van der Waals surface area contributed by atoms with E-state index in [0.717, 1.165) is 29.2 Å². The number of amides is 2. The van der Waals surface area contributed by atoms with Crippen molar-refractivity contribution in [2.24, 2.45) is 0 Å². The van der Waals surface area contributed by atoms with Crippen LogP contribution in [-0.4, -0.2) is 45.0 Å². The SMILES string of the molecule is CC(=O)Nc1cc(C)nc(C2CCN(C(=O)c3cc(C(C)C)n[nH]3)C2)c1. The van der Waals surface area contributed by atoms with E-state index in [1.54, 1.807) is 0 Å². The van der Waals surface area contributed by atoms with Crippen LogP contribution in [0.1, 0.15) is 66.6 Å². The number of H-pyrrole nitrogens is 1. The predicted molar refractivity (Wildman–Crippen MR) is 99.2 cm³/mol. The number of aryl methyl sites for hydroxylation is 1. The smallest absolute Gasteiger partial charge is 0.271 e. The van der Waals surface area contributed by atoms with Crippen LogP contribution < -0.4 is 5.32 Å². The van der Waals surface area contributed by atoms with Gasteiger partial charge in [0.25, 0.3) is 5.91 Å². The van der Waals surface area contributed by atoms with Gasteiger partial charge < -0.3 is 10.2 Å². The molecule has 1 unspecified atom stereocenters. The lowest BCUT2D eigenvalue weighted by atomic mass is 10.0. The van der Waals surface area contributed by atoms with Crippen LogP contribution in [0.4, 0.5) is 5.69 Å². The van der Waals surface area contributed by atoms with Gasteiger partial charge in [-0.3, -0.25) is 19.7 Å². The quantitative estimate of drug-likeness (QED) is 0.882. The average Bonchev–Trinajstić information content (AvgIpc) is 3.23. The molecule has 7 nitrogen and oxygen atoms in total. The second-order valence-corrected chi connectivity index (χ2v) is 7.20. The highest BCUT2D eigenvalue weighted by Crippen LogP contribution is 2.29. The van der Waals surface area contributed by atoms with Crippen molar-refractivity contribution in [3.63, 3.8) is 0 Å². The second-order valence-electron chi connectivity index (χ2n) is 7.20. The first-order chi connectivity index (χ1) is 12.3. The topological polar surface area (TPSA) is 91.0 Å². The normalized spacial score (nSPS) is 17.0. The van der Waals surface area contributed by atoms with Gasteiger partial charge in [-0.2, -0.15) is 5.10 Å². The summed E-state index contributed by atoms with van der Waals surface area (Å²) >= 11 is 0. The van der Waals surface area contributed by atoms with Gasteiger partial charge in [0, 0.05) is 43.0 Å². The fourth-order valence-corrected chi connectivity index (χ4v) is 3.28. The Morgan fingerprint density at radius 3 is 2.73 bits per heavy atom. The van der Waals surface area contributed by atoms with E-state index in [1.807, 2.05) is 43.9 Å². The average molecular weight is 355 g/mol. The Morgan fingerprint density at radius 2 is 2.08 bits per heavy atom. The molecule has 138 valence electrons. The minimum atomic E-state index is -0.107. The monoisotopic (exact) mass is 355 g/mol. The predicted octanol–water partition coefficient (Wildman–Crippen LogP) is 2.82. The Hall–Kier alpha value is -2.70. The van der Waals surface area contributed by atoms with E-state index in [0.29, 0.717) is 18.8 Å². The number of rotatable bonds is 4. The van der Waals surface area contributed by atoms with Crippen LogP contribution in [0.15, 0.2) is 18.2 Å². The summed E-state index contributed by atoms with van der Waals surface area (Å²) in [4.78, 5) is 30.5. The van der Waals surface area contributed by atoms with Gasteiger partial charge in [0.1, 0.15) is 5.69 Å². The number of carbonyl (C=O) groups excluding carboxylic acids is 2. The largest absolute Gasteiger partial charge is 0.337 e. The third kappa shape index (κ3) is 3.92.